The number of amidine groups is 1. The molecule has 3 N–H and O–H groups in total. The number of nitrogen functional groups attached to an aromatic ring is 1. The molecular weight excluding hydrogens is 331 g/mol. The summed E-state index contributed by atoms with van der Waals surface area (Å²) in [5.74, 6) is -0.463. The van der Waals surface area contributed by atoms with Crippen LogP contribution in [0.2, 0.25) is 10.3 Å². The standard InChI is InChI=1S/C5H4ClNO2S.C4H4ClN3S/c1-9-5(8)3-4(6)7-2-10-3;5-3-2(4(6)7)9-1-8-3/h2H,1H3;1H,(H3,6,7). The first-order valence-electron chi connectivity index (χ1n) is 4.58. The van der Waals surface area contributed by atoms with Gasteiger partial charge < -0.3 is 10.5 Å². The number of carbonyl (C=O) groups excluding carboxylic acids is 1. The highest BCUT2D eigenvalue weighted by molar-refractivity contribution is 7.12. The van der Waals surface area contributed by atoms with Crippen LogP contribution in [0.5, 0.6) is 0 Å². The third-order valence-corrected chi connectivity index (χ3v) is 4.13. The van der Waals surface area contributed by atoms with E-state index in [0.717, 1.165) is 11.3 Å². The zero-order valence-corrected chi connectivity index (χ0v) is 12.7. The number of nitrogens with two attached hydrogens (primary N) is 1. The van der Waals surface area contributed by atoms with Gasteiger partial charge in [-0.1, -0.05) is 23.2 Å². The number of thiazole rings is 2. The van der Waals surface area contributed by atoms with Crippen LogP contribution >= 0.6 is 45.9 Å². The molecule has 0 fully saturated rings. The van der Waals surface area contributed by atoms with Crippen molar-refractivity contribution in [2.45, 2.75) is 0 Å². The number of carbonyl (C=O) groups is 1. The summed E-state index contributed by atoms with van der Waals surface area (Å²) in [6.45, 7) is 0. The SMILES string of the molecule is COC(=O)c1scnc1Cl.N=C(N)c1scnc1Cl. The number of hydrogen-bond acceptors (Lipinski definition) is 7. The van der Waals surface area contributed by atoms with Crippen LogP contribution < -0.4 is 5.73 Å². The van der Waals surface area contributed by atoms with E-state index in [9.17, 15) is 4.79 Å². The summed E-state index contributed by atoms with van der Waals surface area (Å²) in [7, 11) is 1.30. The van der Waals surface area contributed by atoms with Crippen LogP contribution in [0.1, 0.15) is 14.5 Å². The molecule has 102 valence electrons. The number of ether oxygens (including phenoxy) is 1. The highest BCUT2D eigenvalue weighted by atomic mass is 35.5. The van der Waals surface area contributed by atoms with Crippen molar-refractivity contribution in [1.29, 1.82) is 5.41 Å². The van der Waals surface area contributed by atoms with Crippen molar-refractivity contribution in [3.8, 4) is 0 Å². The van der Waals surface area contributed by atoms with Gasteiger partial charge in [-0.3, -0.25) is 5.41 Å². The van der Waals surface area contributed by atoms with E-state index >= 15 is 0 Å². The molecule has 0 aliphatic heterocycles. The molecule has 2 rings (SSSR count). The summed E-state index contributed by atoms with van der Waals surface area (Å²) in [6.07, 6.45) is 0. The van der Waals surface area contributed by atoms with Crippen LogP contribution in [0.25, 0.3) is 0 Å². The van der Waals surface area contributed by atoms with Gasteiger partial charge in [-0.2, -0.15) is 0 Å². The molecule has 0 atom stereocenters. The first-order valence-corrected chi connectivity index (χ1v) is 7.09. The van der Waals surface area contributed by atoms with Crippen molar-refractivity contribution < 1.29 is 9.53 Å². The Kier molecular flexibility index (Phi) is 6.16. The van der Waals surface area contributed by atoms with E-state index in [2.05, 4.69) is 14.7 Å². The highest BCUT2D eigenvalue weighted by Gasteiger charge is 2.12. The average molecular weight is 339 g/mol. The lowest BCUT2D eigenvalue weighted by molar-refractivity contribution is 0.0606. The molecule has 0 unspecified atom stereocenters. The second-order valence-electron chi connectivity index (χ2n) is 2.85. The Labute approximate surface area is 126 Å². The van der Waals surface area contributed by atoms with E-state index < -0.39 is 5.97 Å². The molecule has 0 aliphatic rings. The van der Waals surface area contributed by atoms with Gasteiger partial charge in [-0.05, 0) is 0 Å². The van der Waals surface area contributed by atoms with Gasteiger partial charge in [0.05, 0.1) is 18.1 Å². The molecule has 0 aromatic carbocycles. The number of halogens is 2. The van der Waals surface area contributed by atoms with Crippen LogP contribution in [0.15, 0.2) is 11.0 Å². The van der Waals surface area contributed by atoms with E-state index in [0.29, 0.717) is 14.9 Å². The van der Waals surface area contributed by atoms with E-state index in [-0.39, 0.29) is 11.0 Å². The van der Waals surface area contributed by atoms with Crippen molar-refractivity contribution in [2.75, 3.05) is 7.11 Å². The Morgan fingerprint density at radius 3 is 2.00 bits per heavy atom. The number of hydrogen-bond donors (Lipinski definition) is 2. The molecule has 0 saturated carbocycles. The molecule has 2 heterocycles. The Morgan fingerprint density at radius 1 is 1.26 bits per heavy atom. The first-order chi connectivity index (χ1) is 8.97. The number of nitrogens with one attached hydrogen (secondary N) is 1. The number of nitrogens with zero attached hydrogens (tertiary/aromatic N) is 2. The van der Waals surface area contributed by atoms with Crippen molar-refractivity contribution in [3.05, 3.63) is 31.1 Å². The fourth-order valence-corrected chi connectivity index (χ4v) is 2.66. The Bertz CT molecular complexity index is 584. The molecule has 19 heavy (non-hydrogen) atoms. The van der Waals surface area contributed by atoms with Crippen LogP contribution in [0, 0.1) is 5.41 Å². The minimum absolute atomic E-state index is 0.0255. The van der Waals surface area contributed by atoms with Crippen molar-refractivity contribution in [1.82, 2.24) is 9.97 Å². The van der Waals surface area contributed by atoms with Crippen LogP contribution in [-0.2, 0) is 4.74 Å². The number of esters is 1. The van der Waals surface area contributed by atoms with Gasteiger partial charge in [0, 0.05) is 0 Å². The summed E-state index contributed by atoms with van der Waals surface area (Å²) in [6, 6.07) is 0. The van der Waals surface area contributed by atoms with Crippen molar-refractivity contribution in [2.24, 2.45) is 5.73 Å². The third kappa shape index (κ3) is 4.43. The van der Waals surface area contributed by atoms with E-state index in [1.807, 2.05) is 0 Å². The van der Waals surface area contributed by atoms with Gasteiger partial charge in [-0.15, -0.1) is 22.7 Å². The molecule has 0 amide bonds. The van der Waals surface area contributed by atoms with Crippen LogP contribution in [0.4, 0.5) is 0 Å². The topological polar surface area (TPSA) is 102 Å². The molecule has 0 radical (unpaired) electrons. The fourth-order valence-electron chi connectivity index (χ4n) is 0.865. The molecule has 2 aromatic rings. The lowest BCUT2D eigenvalue weighted by Gasteiger charge is -1.91. The quantitative estimate of drug-likeness (QED) is 0.497. The van der Waals surface area contributed by atoms with Gasteiger partial charge in [-0.25, -0.2) is 14.8 Å². The second-order valence-corrected chi connectivity index (χ2v) is 5.28. The minimum Gasteiger partial charge on any atom is -0.465 e. The molecule has 0 saturated heterocycles. The fraction of sp³-hybridized carbons (Fsp3) is 0.111. The van der Waals surface area contributed by atoms with E-state index in [1.165, 1.54) is 24.0 Å². The molecule has 2 aromatic heterocycles. The predicted molar refractivity (Wildman–Crippen MR) is 76.6 cm³/mol. The van der Waals surface area contributed by atoms with Gasteiger partial charge in [0.15, 0.2) is 15.2 Å². The van der Waals surface area contributed by atoms with Gasteiger partial charge in [0.1, 0.15) is 10.7 Å². The molecule has 0 spiro atoms. The third-order valence-electron chi connectivity index (χ3n) is 1.66. The molecular formula is C9H8Cl2N4O2S2. The molecule has 0 aliphatic carbocycles. The summed E-state index contributed by atoms with van der Waals surface area (Å²) >= 11 is 13.5. The lowest BCUT2D eigenvalue weighted by Crippen LogP contribution is -2.09. The number of rotatable bonds is 2. The maximum Gasteiger partial charge on any atom is 0.351 e. The maximum absolute atomic E-state index is 10.8. The van der Waals surface area contributed by atoms with Gasteiger partial charge >= 0.3 is 5.97 Å². The predicted octanol–water partition coefficient (Wildman–Crippen LogP) is 2.66. The minimum atomic E-state index is -0.437. The van der Waals surface area contributed by atoms with E-state index in [1.54, 1.807) is 5.51 Å². The average Bonchev–Trinajstić information content (AvgIpc) is 2.97. The first kappa shape index (κ1) is 15.8. The second kappa shape index (κ2) is 7.39. The molecule has 0 bridgehead atoms. The Hall–Kier alpha value is -1.22. The number of methoxy groups -OCH3 is 1. The molecule has 6 nitrogen and oxygen atoms in total. The van der Waals surface area contributed by atoms with Crippen molar-refractivity contribution in [3.63, 3.8) is 0 Å². The van der Waals surface area contributed by atoms with Gasteiger partial charge in [0.25, 0.3) is 0 Å². The van der Waals surface area contributed by atoms with E-state index in [4.69, 9.17) is 34.3 Å². The summed E-state index contributed by atoms with van der Waals surface area (Å²) < 4.78 is 4.42. The largest absolute Gasteiger partial charge is 0.465 e. The molecule has 10 heteroatoms. The highest BCUT2D eigenvalue weighted by Crippen LogP contribution is 2.18. The summed E-state index contributed by atoms with van der Waals surface area (Å²) in [5.41, 5.74) is 8.18. The van der Waals surface area contributed by atoms with Crippen molar-refractivity contribution >= 4 is 57.7 Å². The monoisotopic (exact) mass is 338 g/mol. The smallest absolute Gasteiger partial charge is 0.351 e. The van der Waals surface area contributed by atoms with Crippen LogP contribution in [-0.4, -0.2) is 28.9 Å². The maximum atomic E-state index is 10.8. The summed E-state index contributed by atoms with van der Waals surface area (Å²) in [5, 5.41) is 7.47. The zero-order valence-electron chi connectivity index (χ0n) is 9.52. The zero-order chi connectivity index (χ0) is 14.4. The Balaban J connectivity index is 0.000000191. The Morgan fingerprint density at radius 2 is 1.74 bits per heavy atom. The normalized spacial score (nSPS) is 9.42. The number of aromatic nitrogens is 2. The van der Waals surface area contributed by atoms with Crippen LogP contribution in [0.3, 0.4) is 0 Å². The summed E-state index contributed by atoms with van der Waals surface area (Å²) in [4.78, 5) is 19.0. The van der Waals surface area contributed by atoms with Gasteiger partial charge in [0.2, 0.25) is 0 Å². The lowest BCUT2D eigenvalue weighted by atomic mass is 10.5.